The second-order valence-corrected chi connectivity index (χ2v) is 4.15. The first-order valence-corrected chi connectivity index (χ1v) is 5.54. The molecule has 0 unspecified atom stereocenters. The second kappa shape index (κ2) is 5.24. The fourth-order valence-electron chi connectivity index (χ4n) is 1.46. The molecule has 0 spiro atoms. The third-order valence-electron chi connectivity index (χ3n) is 2.57. The van der Waals surface area contributed by atoms with Crippen LogP contribution < -0.4 is 5.32 Å². The van der Waals surface area contributed by atoms with Crippen LogP contribution in [0.5, 0.6) is 0 Å². The van der Waals surface area contributed by atoms with Gasteiger partial charge in [0.1, 0.15) is 0 Å². The number of nitrogens with one attached hydrogen (secondary N) is 1. The van der Waals surface area contributed by atoms with Gasteiger partial charge in [-0.1, -0.05) is 6.07 Å². The van der Waals surface area contributed by atoms with E-state index in [1.54, 1.807) is 0 Å². The number of ether oxygens (including phenoxy) is 1. The summed E-state index contributed by atoms with van der Waals surface area (Å²) in [7, 11) is 1.94. The molecule has 1 heterocycles. The number of rotatable bonds is 6. The molecule has 3 heteroatoms. The van der Waals surface area contributed by atoms with Crippen LogP contribution in [0.3, 0.4) is 0 Å². The molecule has 0 aromatic carbocycles. The fourth-order valence-corrected chi connectivity index (χ4v) is 1.46. The van der Waals surface area contributed by atoms with Gasteiger partial charge in [-0.05, 0) is 37.4 Å². The van der Waals surface area contributed by atoms with Crippen molar-refractivity contribution < 1.29 is 4.74 Å². The number of hydrogen-bond acceptors (Lipinski definition) is 3. The summed E-state index contributed by atoms with van der Waals surface area (Å²) in [6.07, 6.45) is 4.59. The quantitative estimate of drug-likeness (QED) is 0.769. The maximum atomic E-state index is 5.57. The molecule has 1 aliphatic carbocycles. The van der Waals surface area contributed by atoms with Gasteiger partial charge in [-0.2, -0.15) is 0 Å². The minimum absolute atomic E-state index is 0.649. The molecule has 0 amide bonds. The van der Waals surface area contributed by atoms with E-state index in [0.29, 0.717) is 6.61 Å². The Labute approximate surface area is 90.9 Å². The van der Waals surface area contributed by atoms with Gasteiger partial charge in [-0.3, -0.25) is 4.98 Å². The Balaban J connectivity index is 1.75. The van der Waals surface area contributed by atoms with Gasteiger partial charge in [0.05, 0.1) is 12.3 Å². The molecule has 0 bridgehead atoms. The molecule has 0 saturated heterocycles. The Morgan fingerprint density at radius 3 is 2.93 bits per heavy atom. The first kappa shape index (κ1) is 10.6. The van der Waals surface area contributed by atoms with Gasteiger partial charge in [0.2, 0.25) is 0 Å². The van der Waals surface area contributed by atoms with Crippen LogP contribution in [0.15, 0.2) is 18.3 Å². The average Bonchev–Trinajstić information content (AvgIpc) is 3.05. The zero-order chi connectivity index (χ0) is 10.5. The Bertz CT molecular complexity index is 293. The topological polar surface area (TPSA) is 34.1 Å². The number of hydrogen-bond donors (Lipinski definition) is 1. The molecule has 0 atom stereocenters. The Morgan fingerprint density at radius 1 is 1.47 bits per heavy atom. The average molecular weight is 206 g/mol. The lowest BCUT2D eigenvalue weighted by atomic mass is 10.2. The predicted octanol–water partition coefficient (Wildman–Crippen LogP) is 1.73. The molecule has 0 radical (unpaired) electrons. The largest absolute Gasteiger partial charge is 0.375 e. The highest BCUT2D eigenvalue weighted by molar-refractivity contribution is 5.13. The normalized spacial score (nSPS) is 15.5. The highest BCUT2D eigenvalue weighted by Crippen LogP contribution is 2.28. The summed E-state index contributed by atoms with van der Waals surface area (Å²) in [6.45, 7) is 2.42. The van der Waals surface area contributed by atoms with E-state index >= 15 is 0 Å². The first-order chi connectivity index (χ1) is 7.38. The van der Waals surface area contributed by atoms with E-state index in [9.17, 15) is 0 Å². The zero-order valence-corrected chi connectivity index (χ0v) is 9.20. The third-order valence-corrected chi connectivity index (χ3v) is 2.57. The number of aromatic nitrogens is 1. The van der Waals surface area contributed by atoms with E-state index < -0.39 is 0 Å². The van der Waals surface area contributed by atoms with Gasteiger partial charge >= 0.3 is 0 Å². The maximum absolute atomic E-state index is 5.57. The maximum Gasteiger partial charge on any atom is 0.0887 e. The SMILES string of the molecule is CNCc1ccc(COCC2CC2)nc1. The van der Waals surface area contributed by atoms with Crippen molar-refractivity contribution in [3.05, 3.63) is 29.6 Å². The summed E-state index contributed by atoms with van der Waals surface area (Å²) in [6, 6.07) is 4.14. The van der Waals surface area contributed by atoms with Crippen LogP contribution in [0.25, 0.3) is 0 Å². The molecule has 1 N–H and O–H groups in total. The molecule has 1 aliphatic rings. The minimum atomic E-state index is 0.649. The monoisotopic (exact) mass is 206 g/mol. The smallest absolute Gasteiger partial charge is 0.0887 e. The van der Waals surface area contributed by atoms with Crippen LogP contribution >= 0.6 is 0 Å². The van der Waals surface area contributed by atoms with Crippen molar-refractivity contribution in [2.24, 2.45) is 5.92 Å². The van der Waals surface area contributed by atoms with E-state index in [4.69, 9.17) is 4.74 Å². The Hall–Kier alpha value is -0.930. The van der Waals surface area contributed by atoms with Crippen molar-refractivity contribution in [3.8, 4) is 0 Å². The van der Waals surface area contributed by atoms with E-state index in [1.165, 1.54) is 18.4 Å². The molecule has 0 aliphatic heterocycles. The van der Waals surface area contributed by atoms with E-state index in [-0.39, 0.29) is 0 Å². The lowest BCUT2D eigenvalue weighted by molar-refractivity contribution is 0.109. The highest BCUT2D eigenvalue weighted by atomic mass is 16.5. The van der Waals surface area contributed by atoms with Gasteiger partial charge in [-0.25, -0.2) is 0 Å². The van der Waals surface area contributed by atoms with Crippen LogP contribution in [0.1, 0.15) is 24.1 Å². The van der Waals surface area contributed by atoms with Gasteiger partial charge in [0.15, 0.2) is 0 Å². The molecule has 3 nitrogen and oxygen atoms in total. The summed E-state index contributed by atoms with van der Waals surface area (Å²) >= 11 is 0. The van der Waals surface area contributed by atoms with Gasteiger partial charge < -0.3 is 10.1 Å². The molecule has 1 aromatic rings. The van der Waals surface area contributed by atoms with E-state index in [0.717, 1.165) is 24.8 Å². The van der Waals surface area contributed by atoms with Crippen LogP contribution in [0, 0.1) is 5.92 Å². The molecular formula is C12H18N2O. The summed E-state index contributed by atoms with van der Waals surface area (Å²) < 4.78 is 5.57. The molecule has 82 valence electrons. The van der Waals surface area contributed by atoms with Gasteiger partial charge in [0, 0.05) is 19.3 Å². The zero-order valence-electron chi connectivity index (χ0n) is 9.20. The second-order valence-electron chi connectivity index (χ2n) is 4.15. The van der Waals surface area contributed by atoms with Crippen molar-refractivity contribution in [2.75, 3.05) is 13.7 Å². The van der Waals surface area contributed by atoms with Gasteiger partial charge in [0.25, 0.3) is 0 Å². The predicted molar refractivity (Wildman–Crippen MR) is 59.4 cm³/mol. The van der Waals surface area contributed by atoms with Gasteiger partial charge in [-0.15, -0.1) is 0 Å². The number of nitrogens with zero attached hydrogens (tertiary/aromatic N) is 1. The molecular weight excluding hydrogens is 188 g/mol. The van der Waals surface area contributed by atoms with Crippen molar-refractivity contribution >= 4 is 0 Å². The molecule has 1 fully saturated rings. The highest BCUT2D eigenvalue weighted by Gasteiger charge is 2.20. The Morgan fingerprint density at radius 2 is 2.33 bits per heavy atom. The van der Waals surface area contributed by atoms with Crippen molar-refractivity contribution in [3.63, 3.8) is 0 Å². The summed E-state index contributed by atoms with van der Waals surface area (Å²) in [5.41, 5.74) is 2.24. The molecule has 2 rings (SSSR count). The molecule has 15 heavy (non-hydrogen) atoms. The van der Waals surface area contributed by atoms with Crippen LogP contribution in [-0.4, -0.2) is 18.6 Å². The van der Waals surface area contributed by atoms with E-state index in [2.05, 4.69) is 16.4 Å². The first-order valence-electron chi connectivity index (χ1n) is 5.54. The minimum Gasteiger partial charge on any atom is -0.375 e. The van der Waals surface area contributed by atoms with Crippen molar-refractivity contribution in [2.45, 2.75) is 26.0 Å². The van der Waals surface area contributed by atoms with Crippen molar-refractivity contribution in [1.82, 2.24) is 10.3 Å². The van der Waals surface area contributed by atoms with Crippen LogP contribution in [0.2, 0.25) is 0 Å². The number of pyridine rings is 1. The fraction of sp³-hybridized carbons (Fsp3) is 0.583. The molecule has 1 saturated carbocycles. The summed E-state index contributed by atoms with van der Waals surface area (Å²) in [5.74, 6) is 0.827. The third kappa shape index (κ3) is 3.61. The summed E-state index contributed by atoms with van der Waals surface area (Å²) in [5, 5.41) is 3.10. The lowest BCUT2D eigenvalue weighted by Gasteiger charge is -2.04. The molecule has 1 aromatic heterocycles. The lowest BCUT2D eigenvalue weighted by Crippen LogP contribution is -2.06. The Kier molecular flexibility index (Phi) is 3.69. The standard InChI is InChI=1S/C12H18N2O/c1-13-6-11-4-5-12(14-7-11)9-15-8-10-2-3-10/h4-5,7,10,13H,2-3,6,8-9H2,1H3. The van der Waals surface area contributed by atoms with Crippen LogP contribution in [0.4, 0.5) is 0 Å². The summed E-state index contributed by atoms with van der Waals surface area (Å²) in [4.78, 5) is 4.35. The van der Waals surface area contributed by atoms with E-state index in [1.807, 2.05) is 19.3 Å². The van der Waals surface area contributed by atoms with Crippen LogP contribution in [-0.2, 0) is 17.9 Å². The van der Waals surface area contributed by atoms with Crippen molar-refractivity contribution in [1.29, 1.82) is 0 Å².